The average Bonchev–Trinajstić information content (AvgIpc) is 2.27. The SMILES string of the molecule is Fc1cc(-c2cccc(C(F)(F)F)c2)cc(F)n1. The molecule has 0 aliphatic carbocycles. The minimum atomic E-state index is -4.50. The van der Waals surface area contributed by atoms with Crippen molar-refractivity contribution < 1.29 is 22.0 Å². The van der Waals surface area contributed by atoms with Crippen molar-refractivity contribution in [3.8, 4) is 11.1 Å². The Kier molecular flexibility index (Phi) is 3.02. The molecule has 0 radical (unpaired) electrons. The number of nitrogens with zero attached hydrogens (tertiary/aromatic N) is 1. The molecule has 1 nitrogen and oxygen atoms in total. The number of alkyl halides is 3. The summed E-state index contributed by atoms with van der Waals surface area (Å²) >= 11 is 0. The molecule has 0 bridgehead atoms. The number of halogens is 5. The van der Waals surface area contributed by atoms with Gasteiger partial charge in [-0.2, -0.15) is 26.9 Å². The number of benzene rings is 1. The van der Waals surface area contributed by atoms with Gasteiger partial charge in [-0.05, 0) is 23.3 Å². The minimum absolute atomic E-state index is 0.00565. The van der Waals surface area contributed by atoms with Gasteiger partial charge in [0.2, 0.25) is 11.9 Å². The Morgan fingerprint density at radius 3 is 2.00 bits per heavy atom. The fraction of sp³-hybridized carbons (Fsp3) is 0.0833. The van der Waals surface area contributed by atoms with Crippen LogP contribution in [0, 0.1) is 11.9 Å². The van der Waals surface area contributed by atoms with E-state index in [2.05, 4.69) is 4.98 Å². The van der Waals surface area contributed by atoms with Crippen molar-refractivity contribution in [2.75, 3.05) is 0 Å². The van der Waals surface area contributed by atoms with Crippen molar-refractivity contribution in [3.05, 3.63) is 53.9 Å². The Morgan fingerprint density at radius 1 is 0.833 bits per heavy atom. The quantitative estimate of drug-likeness (QED) is 0.556. The normalized spacial score (nSPS) is 11.6. The topological polar surface area (TPSA) is 12.9 Å². The second-order valence-electron chi connectivity index (χ2n) is 3.58. The lowest BCUT2D eigenvalue weighted by Gasteiger charge is -2.08. The van der Waals surface area contributed by atoms with Crippen LogP contribution in [0.1, 0.15) is 5.56 Å². The number of pyridine rings is 1. The molecule has 0 fully saturated rings. The van der Waals surface area contributed by atoms with Gasteiger partial charge in [-0.15, -0.1) is 0 Å². The highest BCUT2D eigenvalue weighted by Gasteiger charge is 2.30. The number of hydrogen-bond donors (Lipinski definition) is 0. The highest BCUT2D eigenvalue weighted by atomic mass is 19.4. The first kappa shape index (κ1) is 12.5. The maximum absolute atomic E-state index is 12.9. The summed E-state index contributed by atoms with van der Waals surface area (Å²) in [5.41, 5.74) is -0.797. The van der Waals surface area contributed by atoms with Gasteiger partial charge < -0.3 is 0 Å². The monoisotopic (exact) mass is 259 g/mol. The Morgan fingerprint density at radius 2 is 1.44 bits per heavy atom. The predicted octanol–water partition coefficient (Wildman–Crippen LogP) is 4.05. The zero-order chi connectivity index (χ0) is 13.3. The maximum atomic E-state index is 12.9. The van der Waals surface area contributed by atoms with Crippen LogP contribution in [-0.2, 0) is 6.18 Å². The van der Waals surface area contributed by atoms with Gasteiger partial charge in [0.05, 0.1) is 5.56 Å². The summed E-state index contributed by atoms with van der Waals surface area (Å²) in [6.07, 6.45) is -4.50. The standard InChI is InChI=1S/C12H6F5N/c13-10-5-8(6-11(14)18-10)7-2-1-3-9(4-7)12(15,16)17/h1-6H. The van der Waals surface area contributed by atoms with Gasteiger partial charge >= 0.3 is 6.18 Å². The van der Waals surface area contributed by atoms with Gasteiger partial charge in [0.25, 0.3) is 0 Å². The summed E-state index contributed by atoms with van der Waals surface area (Å²) in [4.78, 5) is 2.88. The van der Waals surface area contributed by atoms with Crippen molar-refractivity contribution >= 4 is 0 Å². The smallest absolute Gasteiger partial charge is 0.191 e. The summed E-state index contributed by atoms with van der Waals surface area (Å²) in [7, 11) is 0. The third kappa shape index (κ3) is 2.64. The van der Waals surface area contributed by atoms with E-state index in [9.17, 15) is 22.0 Å². The zero-order valence-electron chi connectivity index (χ0n) is 8.80. The molecule has 0 saturated carbocycles. The molecule has 0 atom stereocenters. The molecule has 1 heterocycles. The Balaban J connectivity index is 2.51. The van der Waals surface area contributed by atoms with Gasteiger partial charge in [-0.1, -0.05) is 12.1 Å². The highest BCUT2D eigenvalue weighted by Crippen LogP contribution is 2.32. The van der Waals surface area contributed by atoms with E-state index in [-0.39, 0.29) is 11.1 Å². The Hall–Kier alpha value is -1.98. The lowest BCUT2D eigenvalue weighted by Crippen LogP contribution is -2.04. The number of rotatable bonds is 1. The van der Waals surface area contributed by atoms with E-state index in [0.29, 0.717) is 0 Å². The van der Waals surface area contributed by atoms with E-state index < -0.39 is 23.6 Å². The fourth-order valence-electron chi connectivity index (χ4n) is 1.51. The first-order valence-corrected chi connectivity index (χ1v) is 4.87. The van der Waals surface area contributed by atoms with E-state index in [1.54, 1.807) is 0 Å². The van der Waals surface area contributed by atoms with Crippen LogP contribution in [0.3, 0.4) is 0 Å². The molecule has 0 aliphatic heterocycles. The molecule has 1 aromatic heterocycles. The van der Waals surface area contributed by atoms with E-state index in [1.165, 1.54) is 12.1 Å². The molecule has 18 heavy (non-hydrogen) atoms. The third-order valence-corrected chi connectivity index (χ3v) is 2.29. The van der Waals surface area contributed by atoms with Crippen molar-refractivity contribution in [2.45, 2.75) is 6.18 Å². The summed E-state index contributed by atoms with van der Waals surface area (Å²) in [5.74, 6) is -2.16. The third-order valence-electron chi connectivity index (χ3n) is 2.29. The van der Waals surface area contributed by atoms with Crippen LogP contribution in [-0.4, -0.2) is 4.98 Å². The van der Waals surface area contributed by atoms with Gasteiger partial charge in [-0.25, -0.2) is 0 Å². The Bertz CT molecular complexity index is 557. The van der Waals surface area contributed by atoms with Crippen molar-refractivity contribution in [1.82, 2.24) is 4.98 Å². The molecule has 2 aromatic rings. The van der Waals surface area contributed by atoms with Crippen LogP contribution < -0.4 is 0 Å². The average molecular weight is 259 g/mol. The molecule has 94 valence electrons. The van der Waals surface area contributed by atoms with E-state index in [0.717, 1.165) is 24.3 Å². The number of hydrogen-bond acceptors (Lipinski definition) is 1. The molecule has 0 amide bonds. The van der Waals surface area contributed by atoms with Gasteiger partial charge in [-0.3, -0.25) is 0 Å². The molecule has 1 aromatic carbocycles. The molecule has 0 unspecified atom stereocenters. The second kappa shape index (κ2) is 4.36. The largest absolute Gasteiger partial charge is 0.416 e. The van der Waals surface area contributed by atoms with Crippen molar-refractivity contribution in [3.63, 3.8) is 0 Å². The second-order valence-corrected chi connectivity index (χ2v) is 3.58. The van der Waals surface area contributed by atoms with Crippen LogP contribution in [0.25, 0.3) is 11.1 Å². The molecule has 0 aliphatic rings. The molecule has 0 spiro atoms. The fourth-order valence-corrected chi connectivity index (χ4v) is 1.51. The van der Waals surface area contributed by atoms with Crippen LogP contribution >= 0.6 is 0 Å². The van der Waals surface area contributed by atoms with E-state index in [1.807, 2.05) is 0 Å². The first-order chi connectivity index (χ1) is 8.36. The van der Waals surface area contributed by atoms with Crippen molar-refractivity contribution in [1.29, 1.82) is 0 Å². The summed E-state index contributed by atoms with van der Waals surface area (Å²) < 4.78 is 63.2. The molecule has 2 rings (SSSR count). The van der Waals surface area contributed by atoms with Gasteiger partial charge in [0.15, 0.2) is 0 Å². The van der Waals surface area contributed by atoms with Crippen LogP contribution in [0.2, 0.25) is 0 Å². The van der Waals surface area contributed by atoms with Gasteiger partial charge in [0.1, 0.15) is 0 Å². The molecule has 0 N–H and O–H groups in total. The lowest BCUT2D eigenvalue weighted by atomic mass is 10.0. The van der Waals surface area contributed by atoms with Crippen molar-refractivity contribution in [2.24, 2.45) is 0 Å². The van der Waals surface area contributed by atoms with E-state index >= 15 is 0 Å². The van der Waals surface area contributed by atoms with Crippen LogP contribution in [0.4, 0.5) is 22.0 Å². The van der Waals surface area contributed by atoms with E-state index in [4.69, 9.17) is 0 Å². The molecule has 6 heteroatoms. The first-order valence-electron chi connectivity index (χ1n) is 4.87. The molecular weight excluding hydrogens is 253 g/mol. The molecular formula is C12H6F5N. The van der Waals surface area contributed by atoms with Crippen LogP contribution in [0.15, 0.2) is 36.4 Å². The Labute approximate surface area is 98.9 Å². The number of aromatic nitrogens is 1. The molecule has 0 saturated heterocycles. The lowest BCUT2D eigenvalue weighted by molar-refractivity contribution is -0.137. The maximum Gasteiger partial charge on any atom is 0.416 e. The summed E-state index contributed by atoms with van der Waals surface area (Å²) in [5, 5.41) is 0. The zero-order valence-corrected chi connectivity index (χ0v) is 8.80. The highest BCUT2D eigenvalue weighted by molar-refractivity contribution is 5.63. The summed E-state index contributed by atoms with van der Waals surface area (Å²) in [6, 6.07) is 5.97. The predicted molar refractivity (Wildman–Crippen MR) is 54.6 cm³/mol. The summed E-state index contributed by atoms with van der Waals surface area (Å²) in [6.45, 7) is 0. The van der Waals surface area contributed by atoms with Crippen LogP contribution in [0.5, 0.6) is 0 Å². The minimum Gasteiger partial charge on any atom is -0.191 e. The van der Waals surface area contributed by atoms with Gasteiger partial charge in [0, 0.05) is 12.1 Å².